The summed E-state index contributed by atoms with van der Waals surface area (Å²) in [6, 6.07) is 5.36. The molecule has 2 rings (SSSR count). The fraction of sp³-hybridized carbons (Fsp3) is 0.400. The molecule has 0 radical (unpaired) electrons. The molecule has 0 unspecified atom stereocenters. The molecule has 0 atom stereocenters. The standard InChI is InChI=1S/C15H20N4O2/c1-4-11-12(5-2)18-19-15(17-11)16-9-10-7-6-8-13(21-3)14(10)20/h6-8,20H,4-5,9H2,1-3H3,(H,16,17,19). The van der Waals surface area contributed by atoms with Gasteiger partial charge in [0.2, 0.25) is 5.95 Å². The second-order valence-corrected chi connectivity index (χ2v) is 4.56. The summed E-state index contributed by atoms with van der Waals surface area (Å²) >= 11 is 0. The minimum atomic E-state index is 0.126. The minimum Gasteiger partial charge on any atom is -0.504 e. The van der Waals surface area contributed by atoms with Crippen molar-refractivity contribution in [2.75, 3.05) is 12.4 Å². The monoisotopic (exact) mass is 288 g/mol. The molecule has 6 nitrogen and oxygen atoms in total. The van der Waals surface area contributed by atoms with Gasteiger partial charge in [0.05, 0.1) is 18.5 Å². The normalized spacial score (nSPS) is 10.4. The van der Waals surface area contributed by atoms with Crippen LogP contribution in [0.1, 0.15) is 30.8 Å². The average molecular weight is 288 g/mol. The third-order valence-corrected chi connectivity index (χ3v) is 3.25. The molecule has 0 bridgehead atoms. The Morgan fingerprint density at radius 3 is 2.57 bits per heavy atom. The molecule has 1 aromatic heterocycles. The van der Waals surface area contributed by atoms with Crippen molar-refractivity contribution in [1.29, 1.82) is 0 Å². The van der Waals surface area contributed by atoms with Crippen LogP contribution in [0.4, 0.5) is 5.95 Å². The van der Waals surface area contributed by atoms with Gasteiger partial charge < -0.3 is 15.2 Å². The lowest BCUT2D eigenvalue weighted by Crippen LogP contribution is -2.09. The number of phenols is 1. The van der Waals surface area contributed by atoms with E-state index in [1.807, 2.05) is 26.0 Å². The molecule has 112 valence electrons. The zero-order valence-corrected chi connectivity index (χ0v) is 12.6. The number of anilines is 1. The molecule has 0 fully saturated rings. The molecule has 2 aromatic rings. The van der Waals surface area contributed by atoms with Gasteiger partial charge in [0.1, 0.15) is 0 Å². The highest BCUT2D eigenvalue weighted by Crippen LogP contribution is 2.29. The number of hydrogen-bond donors (Lipinski definition) is 2. The number of nitrogens with zero attached hydrogens (tertiary/aromatic N) is 3. The quantitative estimate of drug-likeness (QED) is 0.849. The van der Waals surface area contributed by atoms with Crippen LogP contribution >= 0.6 is 0 Å². The highest BCUT2D eigenvalue weighted by Gasteiger charge is 2.09. The van der Waals surface area contributed by atoms with Crippen molar-refractivity contribution in [2.24, 2.45) is 0 Å². The van der Waals surface area contributed by atoms with Crippen molar-refractivity contribution in [2.45, 2.75) is 33.2 Å². The largest absolute Gasteiger partial charge is 0.504 e. The van der Waals surface area contributed by atoms with Crippen LogP contribution in [0.5, 0.6) is 11.5 Å². The van der Waals surface area contributed by atoms with E-state index in [-0.39, 0.29) is 5.75 Å². The van der Waals surface area contributed by atoms with Gasteiger partial charge in [-0.2, -0.15) is 5.10 Å². The number of benzene rings is 1. The fourth-order valence-electron chi connectivity index (χ4n) is 2.06. The van der Waals surface area contributed by atoms with Gasteiger partial charge in [-0.15, -0.1) is 5.10 Å². The highest BCUT2D eigenvalue weighted by molar-refractivity contribution is 5.46. The Morgan fingerprint density at radius 2 is 1.90 bits per heavy atom. The molecule has 0 amide bonds. The summed E-state index contributed by atoms with van der Waals surface area (Å²) in [5.41, 5.74) is 2.59. The number of hydrogen-bond acceptors (Lipinski definition) is 6. The lowest BCUT2D eigenvalue weighted by molar-refractivity contribution is 0.371. The van der Waals surface area contributed by atoms with Gasteiger partial charge in [-0.1, -0.05) is 26.0 Å². The third kappa shape index (κ3) is 3.39. The van der Waals surface area contributed by atoms with Gasteiger partial charge in [-0.3, -0.25) is 0 Å². The van der Waals surface area contributed by atoms with Gasteiger partial charge in [-0.05, 0) is 18.9 Å². The topological polar surface area (TPSA) is 80.2 Å². The fourth-order valence-corrected chi connectivity index (χ4v) is 2.06. The van der Waals surface area contributed by atoms with Crippen LogP contribution in [0.25, 0.3) is 0 Å². The Kier molecular flexibility index (Phi) is 4.92. The Bertz CT molecular complexity index is 617. The van der Waals surface area contributed by atoms with Crippen molar-refractivity contribution in [3.63, 3.8) is 0 Å². The predicted octanol–water partition coefficient (Wildman–Crippen LogP) is 2.32. The first kappa shape index (κ1) is 15.0. The van der Waals surface area contributed by atoms with Gasteiger partial charge in [0, 0.05) is 12.1 Å². The zero-order chi connectivity index (χ0) is 15.2. The van der Waals surface area contributed by atoms with Crippen LogP contribution in [-0.4, -0.2) is 27.4 Å². The molecule has 0 spiro atoms. The van der Waals surface area contributed by atoms with Crippen LogP contribution in [0.2, 0.25) is 0 Å². The first-order chi connectivity index (χ1) is 10.2. The Hall–Kier alpha value is -2.37. The molecule has 6 heteroatoms. The molecule has 21 heavy (non-hydrogen) atoms. The van der Waals surface area contributed by atoms with Crippen molar-refractivity contribution < 1.29 is 9.84 Å². The van der Waals surface area contributed by atoms with Crippen molar-refractivity contribution in [3.05, 3.63) is 35.2 Å². The molecule has 0 saturated heterocycles. The van der Waals surface area contributed by atoms with Crippen molar-refractivity contribution in [1.82, 2.24) is 15.2 Å². The molecule has 0 saturated carbocycles. The number of rotatable bonds is 6. The molecule has 1 heterocycles. The lowest BCUT2D eigenvalue weighted by atomic mass is 10.2. The van der Waals surface area contributed by atoms with Gasteiger partial charge >= 0.3 is 0 Å². The summed E-state index contributed by atoms with van der Waals surface area (Å²) < 4.78 is 5.08. The van der Waals surface area contributed by atoms with Crippen LogP contribution in [-0.2, 0) is 19.4 Å². The summed E-state index contributed by atoms with van der Waals surface area (Å²) in [6.07, 6.45) is 1.64. The molecule has 1 aromatic carbocycles. The van der Waals surface area contributed by atoms with Crippen LogP contribution in [0, 0.1) is 0 Å². The first-order valence-electron chi connectivity index (χ1n) is 7.00. The second-order valence-electron chi connectivity index (χ2n) is 4.56. The average Bonchev–Trinajstić information content (AvgIpc) is 2.53. The van der Waals surface area contributed by atoms with E-state index < -0.39 is 0 Å². The number of para-hydroxylation sites is 1. The Morgan fingerprint density at radius 1 is 1.14 bits per heavy atom. The molecule has 2 N–H and O–H groups in total. The lowest BCUT2D eigenvalue weighted by Gasteiger charge is -2.10. The van der Waals surface area contributed by atoms with E-state index in [4.69, 9.17) is 4.74 Å². The second kappa shape index (κ2) is 6.88. The number of methoxy groups -OCH3 is 1. The van der Waals surface area contributed by atoms with Crippen LogP contribution in [0.3, 0.4) is 0 Å². The van der Waals surface area contributed by atoms with E-state index >= 15 is 0 Å². The number of phenolic OH excluding ortho intramolecular Hbond substituents is 1. The van der Waals surface area contributed by atoms with Crippen molar-refractivity contribution in [3.8, 4) is 11.5 Å². The summed E-state index contributed by atoms with van der Waals surface area (Å²) in [6.45, 7) is 4.48. The van der Waals surface area contributed by atoms with E-state index in [2.05, 4.69) is 20.5 Å². The maximum atomic E-state index is 10.0. The van der Waals surface area contributed by atoms with Gasteiger partial charge in [-0.25, -0.2) is 4.98 Å². The molecular formula is C15H20N4O2. The summed E-state index contributed by atoms with van der Waals surface area (Å²) in [5, 5.41) is 21.3. The van der Waals surface area contributed by atoms with Gasteiger partial charge in [0.25, 0.3) is 0 Å². The zero-order valence-electron chi connectivity index (χ0n) is 12.6. The Labute approximate surface area is 124 Å². The highest BCUT2D eigenvalue weighted by atomic mass is 16.5. The minimum absolute atomic E-state index is 0.126. The van der Waals surface area contributed by atoms with Crippen molar-refractivity contribution >= 4 is 5.95 Å². The van der Waals surface area contributed by atoms with E-state index in [9.17, 15) is 5.11 Å². The number of aromatic hydroxyl groups is 1. The molecule has 0 aliphatic rings. The maximum absolute atomic E-state index is 10.0. The third-order valence-electron chi connectivity index (χ3n) is 3.25. The number of aryl methyl sites for hydroxylation is 2. The number of aromatic nitrogens is 3. The van der Waals surface area contributed by atoms with Crippen LogP contribution < -0.4 is 10.1 Å². The van der Waals surface area contributed by atoms with Gasteiger partial charge in [0.15, 0.2) is 11.5 Å². The van der Waals surface area contributed by atoms with E-state index in [0.717, 1.165) is 29.8 Å². The molecule has 0 aliphatic carbocycles. The smallest absolute Gasteiger partial charge is 0.243 e. The van der Waals surface area contributed by atoms with E-state index in [1.165, 1.54) is 7.11 Å². The maximum Gasteiger partial charge on any atom is 0.243 e. The summed E-state index contributed by atoms with van der Waals surface area (Å²) in [7, 11) is 1.52. The SMILES string of the molecule is CCc1nnc(NCc2cccc(OC)c2O)nc1CC. The summed E-state index contributed by atoms with van der Waals surface area (Å²) in [4.78, 5) is 4.45. The first-order valence-corrected chi connectivity index (χ1v) is 7.00. The van der Waals surface area contributed by atoms with E-state index in [0.29, 0.717) is 18.2 Å². The van der Waals surface area contributed by atoms with Crippen LogP contribution in [0.15, 0.2) is 18.2 Å². The number of ether oxygens (including phenoxy) is 1. The Balaban J connectivity index is 2.13. The van der Waals surface area contributed by atoms with E-state index in [1.54, 1.807) is 6.07 Å². The summed E-state index contributed by atoms with van der Waals surface area (Å²) in [5.74, 6) is 1.04. The molecule has 0 aliphatic heterocycles. The number of nitrogens with one attached hydrogen (secondary N) is 1. The predicted molar refractivity (Wildman–Crippen MR) is 80.6 cm³/mol. The molecular weight excluding hydrogens is 268 g/mol.